The average Bonchev–Trinajstić information content (AvgIpc) is 3.01. The first-order valence-electron chi connectivity index (χ1n) is 8.74. The highest BCUT2D eigenvalue weighted by Gasteiger charge is 2.34. The molecular weight excluding hydrogens is 368 g/mol. The van der Waals surface area contributed by atoms with Crippen LogP contribution in [0.4, 0.5) is 0 Å². The van der Waals surface area contributed by atoms with Gasteiger partial charge in [-0.05, 0) is 31.0 Å². The summed E-state index contributed by atoms with van der Waals surface area (Å²) in [6.45, 7) is 2.42. The number of aromatic amines is 1. The fourth-order valence-electron chi connectivity index (χ4n) is 3.42. The summed E-state index contributed by atoms with van der Waals surface area (Å²) in [6.07, 6.45) is 0.208. The predicted octanol–water partition coefficient (Wildman–Crippen LogP) is 2.14. The number of rotatable bonds is 4. The summed E-state index contributed by atoms with van der Waals surface area (Å²) < 4.78 is 38.6. The SMILES string of the molecule is CC1CN(S(=O)(=O)c2ccc3[nH]c(=O)oc3c2)CC(Cc2ccccc2)O1. The lowest BCUT2D eigenvalue weighted by Gasteiger charge is -2.36. The number of aromatic nitrogens is 1. The Morgan fingerprint density at radius 3 is 2.70 bits per heavy atom. The molecule has 2 atom stereocenters. The number of morpholine rings is 1. The standard InChI is InChI=1S/C19H20N2O5S/c1-13-11-21(12-15(25-13)9-14-5-3-2-4-6-14)27(23,24)16-7-8-17-18(10-16)26-19(22)20-17/h2-8,10,13,15H,9,11-12H2,1H3,(H,20,22). The molecule has 0 amide bonds. The monoisotopic (exact) mass is 388 g/mol. The van der Waals surface area contributed by atoms with Crippen LogP contribution in [-0.4, -0.2) is 43.0 Å². The maximum atomic E-state index is 13.1. The molecule has 2 aromatic carbocycles. The number of nitrogens with zero attached hydrogens (tertiary/aromatic N) is 1. The minimum absolute atomic E-state index is 0.102. The van der Waals surface area contributed by atoms with E-state index in [0.29, 0.717) is 11.9 Å². The van der Waals surface area contributed by atoms with Crippen LogP contribution in [0.5, 0.6) is 0 Å². The number of benzene rings is 2. The van der Waals surface area contributed by atoms with E-state index in [0.717, 1.165) is 5.56 Å². The summed E-state index contributed by atoms with van der Waals surface area (Å²) in [6, 6.07) is 14.3. The van der Waals surface area contributed by atoms with E-state index in [1.54, 1.807) is 6.07 Å². The molecule has 2 heterocycles. The predicted molar refractivity (Wildman–Crippen MR) is 100 cm³/mol. The van der Waals surface area contributed by atoms with Crippen LogP contribution in [0, 0.1) is 0 Å². The second-order valence-electron chi connectivity index (χ2n) is 6.75. The van der Waals surface area contributed by atoms with Crippen LogP contribution >= 0.6 is 0 Å². The van der Waals surface area contributed by atoms with Gasteiger partial charge in [-0.1, -0.05) is 30.3 Å². The second-order valence-corrected chi connectivity index (χ2v) is 8.69. The molecule has 8 heteroatoms. The summed E-state index contributed by atoms with van der Waals surface area (Å²) >= 11 is 0. The van der Waals surface area contributed by atoms with Crippen molar-refractivity contribution >= 4 is 21.1 Å². The second kappa shape index (κ2) is 6.95. The van der Waals surface area contributed by atoms with Gasteiger partial charge in [-0.2, -0.15) is 4.31 Å². The van der Waals surface area contributed by atoms with Crippen LogP contribution in [0.3, 0.4) is 0 Å². The van der Waals surface area contributed by atoms with Gasteiger partial charge < -0.3 is 9.15 Å². The van der Waals surface area contributed by atoms with Gasteiger partial charge in [-0.15, -0.1) is 0 Å². The molecule has 0 spiro atoms. The first-order valence-corrected chi connectivity index (χ1v) is 10.2. The van der Waals surface area contributed by atoms with Crippen molar-refractivity contribution in [3.8, 4) is 0 Å². The van der Waals surface area contributed by atoms with E-state index in [1.165, 1.54) is 16.4 Å². The molecule has 3 aromatic rings. The van der Waals surface area contributed by atoms with Crippen LogP contribution in [0.15, 0.2) is 62.6 Å². The average molecular weight is 388 g/mol. The highest BCUT2D eigenvalue weighted by atomic mass is 32.2. The largest absolute Gasteiger partial charge is 0.417 e. The molecule has 4 rings (SSSR count). The lowest BCUT2D eigenvalue weighted by molar-refractivity contribution is -0.0529. The van der Waals surface area contributed by atoms with Crippen molar-refractivity contribution in [1.82, 2.24) is 9.29 Å². The molecule has 0 aliphatic carbocycles. The van der Waals surface area contributed by atoms with Gasteiger partial charge >= 0.3 is 5.76 Å². The number of sulfonamides is 1. The third-order valence-electron chi connectivity index (χ3n) is 4.63. The maximum absolute atomic E-state index is 13.1. The molecule has 2 unspecified atom stereocenters. The molecule has 0 saturated carbocycles. The third kappa shape index (κ3) is 3.69. The highest BCUT2D eigenvalue weighted by Crippen LogP contribution is 2.24. The Hall–Kier alpha value is -2.42. The lowest BCUT2D eigenvalue weighted by Crippen LogP contribution is -2.49. The maximum Gasteiger partial charge on any atom is 0.417 e. The molecule has 27 heavy (non-hydrogen) atoms. The van der Waals surface area contributed by atoms with Crippen LogP contribution in [0.25, 0.3) is 11.1 Å². The number of oxazole rings is 1. The number of nitrogens with one attached hydrogen (secondary N) is 1. The van der Waals surface area contributed by atoms with Gasteiger partial charge in [0.25, 0.3) is 0 Å². The van der Waals surface area contributed by atoms with E-state index in [9.17, 15) is 13.2 Å². The molecule has 7 nitrogen and oxygen atoms in total. The summed E-state index contributed by atoms with van der Waals surface area (Å²) in [5.41, 5.74) is 1.80. The Labute approximate surface area is 156 Å². The fraction of sp³-hybridized carbons (Fsp3) is 0.316. The minimum Gasteiger partial charge on any atom is -0.408 e. The topological polar surface area (TPSA) is 92.6 Å². The number of hydrogen-bond acceptors (Lipinski definition) is 5. The quantitative estimate of drug-likeness (QED) is 0.739. The van der Waals surface area contributed by atoms with Gasteiger partial charge in [0.1, 0.15) is 0 Å². The van der Waals surface area contributed by atoms with Crippen molar-refractivity contribution in [2.45, 2.75) is 30.4 Å². The molecular formula is C19H20N2O5S. The van der Waals surface area contributed by atoms with Crippen molar-refractivity contribution in [2.75, 3.05) is 13.1 Å². The van der Waals surface area contributed by atoms with E-state index in [-0.39, 0.29) is 35.8 Å². The van der Waals surface area contributed by atoms with Gasteiger partial charge in [0.15, 0.2) is 5.58 Å². The summed E-state index contributed by atoms with van der Waals surface area (Å²) in [4.78, 5) is 13.9. The highest BCUT2D eigenvalue weighted by molar-refractivity contribution is 7.89. The molecule has 1 aliphatic heterocycles. The van der Waals surface area contributed by atoms with Crippen LogP contribution in [0.1, 0.15) is 12.5 Å². The molecule has 1 aliphatic rings. The molecule has 1 fully saturated rings. The molecule has 142 valence electrons. The van der Waals surface area contributed by atoms with E-state index >= 15 is 0 Å². The zero-order chi connectivity index (χ0) is 19.0. The smallest absolute Gasteiger partial charge is 0.408 e. The molecule has 1 N–H and O–H groups in total. The number of fused-ring (bicyclic) bond motifs is 1. The van der Waals surface area contributed by atoms with E-state index in [4.69, 9.17) is 9.15 Å². The molecule has 0 bridgehead atoms. The molecule has 1 saturated heterocycles. The van der Waals surface area contributed by atoms with Crippen molar-refractivity contribution in [3.63, 3.8) is 0 Å². The van der Waals surface area contributed by atoms with Crippen LogP contribution in [-0.2, 0) is 21.2 Å². The van der Waals surface area contributed by atoms with Crippen LogP contribution in [0.2, 0.25) is 0 Å². The van der Waals surface area contributed by atoms with E-state index in [1.807, 2.05) is 37.3 Å². The first kappa shape index (κ1) is 18.0. The number of H-pyrrole nitrogens is 1. The fourth-order valence-corrected chi connectivity index (χ4v) is 4.99. The zero-order valence-corrected chi connectivity index (χ0v) is 15.6. The summed E-state index contributed by atoms with van der Waals surface area (Å²) in [5, 5.41) is 0. The summed E-state index contributed by atoms with van der Waals surface area (Å²) in [7, 11) is -3.72. The van der Waals surface area contributed by atoms with Gasteiger partial charge in [0.05, 0.1) is 22.6 Å². The summed E-state index contributed by atoms with van der Waals surface area (Å²) in [5.74, 6) is -0.609. The van der Waals surface area contributed by atoms with E-state index in [2.05, 4.69) is 4.98 Å². The van der Waals surface area contributed by atoms with Gasteiger partial charge in [0, 0.05) is 19.2 Å². The molecule has 0 radical (unpaired) electrons. The van der Waals surface area contributed by atoms with Crippen molar-refractivity contribution in [2.24, 2.45) is 0 Å². The van der Waals surface area contributed by atoms with E-state index < -0.39 is 15.8 Å². The van der Waals surface area contributed by atoms with Gasteiger partial charge in [0.2, 0.25) is 10.0 Å². The molecule has 1 aromatic heterocycles. The Balaban J connectivity index is 1.60. The number of ether oxygens (including phenoxy) is 1. The Bertz CT molecular complexity index is 1100. The first-order chi connectivity index (χ1) is 12.9. The van der Waals surface area contributed by atoms with Crippen LogP contribution < -0.4 is 5.76 Å². The number of hydrogen-bond donors (Lipinski definition) is 1. The van der Waals surface area contributed by atoms with Crippen molar-refractivity contribution in [3.05, 3.63) is 64.6 Å². The lowest BCUT2D eigenvalue weighted by atomic mass is 10.1. The van der Waals surface area contributed by atoms with Crippen molar-refractivity contribution < 1.29 is 17.6 Å². The normalized spacial score (nSPS) is 21.5. The van der Waals surface area contributed by atoms with Gasteiger partial charge in [-0.3, -0.25) is 4.98 Å². The third-order valence-corrected chi connectivity index (χ3v) is 6.46. The Kier molecular flexibility index (Phi) is 4.63. The Morgan fingerprint density at radius 2 is 1.93 bits per heavy atom. The van der Waals surface area contributed by atoms with Crippen molar-refractivity contribution in [1.29, 1.82) is 0 Å². The Morgan fingerprint density at radius 1 is 1.15 bits per heavy atom. The zero-order valence-electron chi connectivity index (χ0n) is 14.8. The van der Waals surface area contributed by atoms with Gasteiger partial charge in [-0.25, -0.2) is 13.2 Å². The minimum atomic E-state index is -3.72.